The summed E-state index contributed by atoms with van der Waals surface area (Å²) >= 11 is 0. The summed E-state index contributed by atoms with van der Waals surface area (Å²) in [5, 5.41) is 2.59. The van der Waals surface area contributed by atoms with Crippen molar-refractivity contribution in [2.45, 2.75) is 38.8 Å². The number of rotatable bonds is 5. The Morgan fingerprint density at radius 1 is 1.35 bits per heavy atom. The predicted octanol–water partition coefficient (Wildman–Crippen LogP) is 1.55. The highest BCUT2D eigenvalue weighted by atomic mass is 32.2. The topological polar surface area (TPSA) is 66.5 Å². The van der Waals surface area contributed by atoms with Gasteiger partial charge in [0.15, 0.2) is 9.84 Å². The van der Waals surface area contributed by atoms with E-state index in [2.05, 4.69) is 36.2 Å². The zero-order valence-corrected chi connectivity index (χ0v) is 14.9. The Bertz CT molecular complexity index is 656. The van der Waals surface area contributed by atoms with Gasteiger partial charge in [-0.25, -0.2) is 8.42 Å². The highest BCUT2D eigenvalue weighted by Gasteiger charge is 2.32. The fourth-order valence-electron chi connectivity index (χ4n) is 3.09. The Morgan fingerprint density at radius 3 is 2.70 bits per heavy atom. The number of carbonyl (C=O) groups is 1. The molecule has 128 valence electrons. The van der Waals surface area contributed by atoms with E-state index in [1.54, 1.807) is 7.05 Å². The summed E-state index contributed by atoms with van der Waals surface area (Å²) < 4.78 is 23.9. The van der Waals surface area contributed by atoms with Gasteiger partial charge in [-0.1, -0.05) is 38.1 Å². The van der Waals surface area contributed by atoms with Crippen molar-refractivity contribution in [2.24, 2.45) is 0 Å². The first-order valence-electron chi connectivity index (χ1n) is 8.05. The molecule has 0 aromatic heterocycles. The van der Waals surface area contributed by atoms with Crippen LogP contribution in [-0.2, 0) is 21.2 Å². The molecule has 23 heavy (non-hydrogen) atoms. The monoisotopic (exact) mass is 338 g/mol. The normalized spacial score (nSPS) is 21.3. The van der Waals surface area contributed by atoms with E-state index in [0.717, 1.165) is 0 Å². The number of carbonyl (C=O) groups excluding carboxylic acids is 1. The molecule has 1 unspecified atom stereocenters. The van der Waals surface area contributed by atoms with Gasteiger partial charge in [0.25, 0.3) is 0 Å². The Kier molecular flexibility index (Phi) is 5.81. The molecule has 1 heterocycles. The quantitative estimate of drug-likeness (QED) is 0.884. The lowest BCUT2D eigenvalue weighted by Crippen LogP contribution is -2.49. The molecule has 1 aliphatic rings. The predicted molar refractivity (Wildman–Crippen MR) is 92.1 cm³/mol. The number of amides is 1. The molecule has 1 aliphatic heterocycles. The van der Waals surface area contributed by atoms with Crippen molar-refractivity contribution in [1.82, 2.24) is 10.2 Å². The van der Waals surface area contributed by atoms with Crippen molar-refractivity contribution in [3.05, 3.63) is 35.4 Å². The highest BCUT2D eigenvalue weighted by molar-refractivity contribution is 7.91. The fourth-order valence-corrected chi connectivity index (χ4v) is 4.69. The van der Waals surface area contributed by atoms with Crippen molar-refractivity contribution in [1.29, 1.82) is 0 Å². The Labute approximate surface area is 139 Å². The zero-order chi connectivity index (χ0) is 17.0. The van der Waals surface area contributed by atoms with E-state index in [1.165, 1.54) is 11.1 Å². The second-order valence-corrected chi connectivity index (χ2v) is 8.70. The second kappa shape index (κ2) is 7.45. The molecule has 1 fully saturated rings. The molecule has 1 saturated heterocycles. The number of hydrogen-bond acceptors (Lipinski definition) is 4. The molecule has 2 rings (SSSR count). The second-order valence-electron chi connectivity index (χ2n) is 6.47. The number of nitrogens with one attached hydrogen (secondary N) is 1. The van der Waals surface area contributed by atoms with Crippen LogP contribution >= 0.6 is 0 Å². The van der Waals surface area contributed by atoms with Crippen LogP contribution in [0.3, 0.4) is 0 Å². The summed E-state index contributed by atoms with van der Waals surface area (Å²) in [6.07, 6.45) is 0.222. The molecule has 1 amide bonds. The highest BCUT2D eigenvalue weighted by Crippen LogP contribution is 2.24. The van der Waals surface area contributed by atoms with Crippen LogP contribution in [0.25, 0.3) is 0 Å². The van der Waals surface area contributed by atoms with Crippen LogP contribution in [0.5, 0.6) is 0 Å². The standard InChI is InChI=1S/C17H26N2O3S/c1-13(2)16-7-5-4-6-14(16)11-19-8-9-23(21,22)12-15(19)10-17(20)18-3/h4-7,13,15H,8-12H2,1-3H3,(H,18,20). The molecule has 0 aliphatic carbocycles. The van der Waals surface area contributed by atoms with Gasteiger partial charge in [-0.2, -0.15) is 0 Å². The zero-order valence-electron chi connectivity index (χ0n) is 14.1. The van der Waals surface area contributed by atoms with Crippen LogP contribution in [0.2, 0.25) is 0 Å². The third kappa shape index (κ3) is 4.78. The van der Waals surface area contributed by atoms with Gasteiger partial charge in [0.1, 0.15) is 0 Å². The molecule has 6 heteroatoms. The molecule has 0 spiro atoms. The molecule has 1 aromatic carbocycles. The summed E-state index contributed by atoms with van der Waals surface area (Å²) in [6, 6.07) is 8.00. The lowest BCUT2D eigenvalue weighted by Gasteiger charge is -2.35. The maximum atomic E-state index is 11.9. The van der Waals surface area contributed by atoms with E-state index in [-0.39, 0.29) is 29.9 Å². The van der Waals surface area contributed by atoms with Gasteiger partial charge in [-0.05, 0) is 17.0 Å². The molecule has 1 N–H and O–H groups in total. The third-order valence-corrected chi connectivity index (χ3v) is 6.10. The molecule has 5 nitrogen and oxygen atoms in total. The first-order valence-corrected chi connectivity index (χ1v) is 9.87. The minimum absolute atomic E-state index is 0.0598. The molecular weight excluding hydrogens is 312 g/mol. The van der Waals surface area contributed by atoms with Crippen molar-refractivity contribution in [3.63, 3.8) is 0 Å². The van der Waals surface area contributed by atoms with Gasteiger partial charge in [0.05, 0.1) is 11.5 Å². The van der Waals surface area contributed by atoms with Gasteiger partial charge in [-0.15, -0.1) is 0 Å². The van der Waals surface area contributed by atoms with Gasteiger partial charge >= 0.3 is 0 Å². The van der Waals surface area contributed by atoms with Crippen molar-refractivity contribution < 1.29 is 13.2 Å². The van der Waals surface area contributed by atoms with Gasteiger partial charge < -0.3 is 5.32 Å². The van der Waals surface area contributed by atoms with Crippen LogP contribution in [0.1, 0.15) is 37.3 Å². The average Bonchev–Trinajstić information content (AvgIpc) is 2.49. The van der Waals surface area contributed by atoms with Crippen molar-refractivity contribution in [3.8, 4) is 0 Å². The van der Waals surface area contributed by atoms with Crippen molar-refractivity contribution >= 4 is 15.7 Å². The summed E-state index contributed by atoms with van der Waals surface area (Å²) in [5.41, 5.74) is 2.49. The molecular formula is C17H26N2O3S. The largest absolute Gasteiger partial charge is 0.359 e. The van der Waals surface area contributed by atoms with E-state index < -0.39 is 9.84 Å². The fraction of sp³-hybridized carbons (Fsp3) is 0.588. The molecule has 1 atom stereocenters. The minimum Gasteiger partial charge on any atom is -0.359 e. The Morgan fingerprint density at radius 2 is 2.04 bits per heavy atom. The lowest BCUT2D eigenvalue weighted by molar-refractivity contribution is -0.121. The van der Waals surface area contributed by atoms with Gasteiger partial charge in [0, 0.05) is 32.6 Å². The van der Waals surface area contributed by atoms with Crippen LogP contribution < -0.4 is 5.32 Å². The van der Waals surface area contributed by atoms with Crippen LogP contribution in [0, 0.1) is 0 Å². The summed E-state index contributed by atoms with van der Waals surface area (Å²) in [7, 11) is -1.48. The van der Waals surface area contributed by atoms with Gasteiger partial charge in [0.2, 0.25) is 5.91 Å². The molecule has 0 radical (unpaired) electrons. The van der Waals surface area contributed by atoms with Crippen molar-refractivity contribution in [2.75, 3.05) is 25.1 Å². The average molecular weight is 338 g/mol. The first kappa shape index (κ1) is 17.9. The maximum absolute atomic E-state index is 11.9. The van der Waals surface area contributed by atoms with Gasteiger partial charge in [-0.3, -0.25) is 9.69 Å². The lowest BCUT2D eigenvalue weighted by atomic mass is 9.96. The molecule has 0 saturated carbocycles. The van der Waals surface area contributed by atoms with Crippen LogP contribution in [0.4, 0.5) is 0 Å². The molecule has 0 bridgehead atoms. The van der Waals surface area contributed by atoms with E-state index >= 15 is 0 Å². The number of hydrogen-bond donors (Lipinski definition) is 1. The smallest absolute Gasteiger partial charge is 0.221 e. The Hall–Kier alpha value is -1.40. The minimum atomic E-state index is -3.06. The number of nitrogens with zero attached hydrogens (tertiary/aromatic N) is 1. The summed E-state index contributed by atoms with van der Waals surface area (Å²) in [4.78, 5) is 13.9. The SMILES string of the molecule is CNC(=O)CC1CS(=O)(=O)CCN1Cc1ccccc1C(C)C. The summed E-state index contributed by atoms with van der Waals surface area (Å²) in [6.45, 7) is 5.48. The Balaban J connectivity index is 2.20. The van der Waals surface area contributed by atoms with E-state index in [0.29, 0.717) is 19.0 Å². The van der Waals surface area contributed by atoms with E-state index in [9.17, 15) is 13.2 Å². The van der Waals surface area contributed by atoms with Crippen LogP contribution in [0.15, 0.2) is 24.3 Å². The number of sulfone groups is 1. The number of benzene rings is 1. The first-order chi connectivity index (χ1) is 10.8. The third-order valence-electron chi connectivity index (χ3n) is 4.40. The summed E-state index contributed by atoms with van der Waals surface area (Å²) in [5.74, 6) is 0.525. The van der Waals surface area contributed by atoms with Crippen LogP contribution in [-0.4, -0.2) is 50.4 Å². The molecule has 1 aromatic rings. The van der Waals surface area contributed by atoms with E-state index in [4.69, 9.17) is 0 Å². The van der Waals surface area contributed by atoms with E-state index in [1.807, 2.05) is 12.1 Å². The maximum Gasteiger partial charge on any atom is 0.221 e.